The number of nitro groups is 1. The fourth-order valence-electron chi connectivity index (χ4n) is 1.21. The minimum absolute atomic E-state index is 0.164. The second kappa shape index (κ2) is 5.98. The number of aromatic nitrogens is 1. The van der Waals surface area contributed by atoms with Crippen LogP contribution in [-0.2, 0) is 16.0 Å². The Morgan fingerprint density at radius 3 is 2.72 bits per heavy atom. The van der Waals surface area contributed by atoms with Crippen LogP contribution in [0.1, 0.15) is 17.6 Å². The lowest BCUT2D eigenvalue weighted by atomic mass is 10.1. The molecule has 1 heterocycles. The Balaban J connectivity index is 3.30. The van der Waals surface area contributed by atoms with E-state index in [0.717, 1.165) is 13.2 Å². The molecule has 1 rings (SSSR count). The molecule has 0 spiro atoms. The molecule has 98 valence electrons. The van der Waals surface area contributed by atoms with Crippen LogP contribution in [0.3, 0.4) is 0 Å². The first kappa shape index (κ1) is 14.7. The van der Waals surface area contributed by atoms with Crippen LogP contribution in [0.5, 0.6) is 0 Å². The summed E-state index contributed by atoms with van der Waals surface area (Å²) in [6, 6.07) is 0.911. The van der Waals surface area contributed by atoms with Crippen molar-refractivity contribution >= 4 is 34.4 Å². The number of rotatable bonds is 4. The maximum absolute atomic E-state index is 12.6. The molecule has 0 aromatic carbocycles. The van der Waals surface area contributed by atoms with E-state index in [0.29, 0.717) is 0 Å². The first-order valence-electron chi connectivity index (χ1n) is 4.55. The summed E-state index contributed by atoms with van der Waals surface area (Å²) in [5.41, 5.74) is -0.636. The molecular weight excluding hydrogens is 365 g/mol. The zero-order valence-electron chi connectivity index (χ0n) is 9.02. The number of pyridine rings is 1. The first-order chi connectivity index (χ1) is 8.36. The monoisotopic (exact) mass is 372 g/mol. The average Bonchev–Trinajstić information content (AvgIpc) is 2.29. The highest BCUT2D eigenvalue weighted by atomic mass is 127. The molecule has 0 radical (unpaired) electrons. The minimum atomic E-state index is -2.82. The van der Waals surface area contributed by atoms with Crippen molar-refractivity contribution in [1.29, 1.82) is 0 Å². The van der Waals surface area contributed by atoms with Gasteiger partial charge in [-0.3, -0.25) is 4.79 Å². The number of methoxy groups -OCH3 is 1. The van der Waals surface area contributed by atoms with Crippen molar-refractivity contribution in [1.82, 2.24) is 4.98 Å². The number of halogens is 3. The molecule has 0 aliphatic heterocycles. The van der Waals surface area contributed by atoms with Crippen LogP contribution in [-0.4, -0.2) is 23.0 Å². The van der Waals surface area contributed by atoms with Crippen LogP contribution < -0.4 is 0 Å². The minimum Gasteiger partial charge on any atom is -0.469 e. The van der Waals surface area contributed by atoms with E-state index < -0.39 is 35.1 Å². The first-order valence-corrected chi connectivity index (χ1v) is 5.63. The van der Waals surface area contributed by atoms with Crippen molar-refractivity contribution in [3.63, 3.8) is 0 Å². The van der Waals surface area contributed by atoms with E-state index >= 15 is 0 Å². The Morgan fingerprint density at radius 1 is 1.67 bits per heavy atom. The number of alkyl halides is 2. The van der Waals surface area contributed by atoms with Crippen LogP contribution in [0.15, 0.2) is 6.07 Å². The molecule has 9 heteroatoms. The SMILES string of the molecule is COC(=O)Cc1cc(C(F)F)c(I)nc1[N+](=O)[O-]. The average molecular weight is 372 g/mol. The molecule has 6 nitrogen and oxygen atoms in total. The summed E-state index contributed by atoms with van der Waals surface area (Å²) in [4.78, 5) is 24.4. The third kappa shape index (κ3) is 3.31. The number of hydrogen-bond acceptors (Lipinski definition) is 5. The van der Waals surface area contributed by atoms with E-state index in [4.69, 9.17) is 0 Å². The molecule has 0 atom stereocenters. The summed E-state index contributed by atoms with van der Waals surface area (Å²) in [6.45, 7) is 0. The van der Waals surface area contributed by atoms with Gasteiger partial charge in [0, 0.05) is 22.6 Å². The smallest absolute Gasteiger partial charge is 0.368 e. The molecule has 0 unspecified atom stereocenters. The molecule has 0 saturated carbocycles. The van der Waals surface area contributed by atoms with Gasteiger partial charge in [0.25, 0.3) is 6.43 Å². The highest BCUT2D eigenvalue weighted by Gasteiger charge is 2.26. The van der Waals surface area contributed by atoms with Gasteiger partial charge in [0.05, 0.1) is 24.7 Å². The molecule has 1 aromatic heterocycles. The van der Waals surface area contributed by atoms with E-state index in [-0.39, 0.29) is 9.26 Å². The van der Waals surface area contributed by atoms with Gasteiger partial charge >= 0.3 is 11.8 Å². The van der Waals surface area contributed by atoms with Gasteiger partial charge in [-0.2, -0.15) is 0 Å². The molecule has 0 saturated heterocycles. The van der Waals surface area contributed by atoms with Crippen molar-refractivity contribution in [3.05, 3.63) is 31.0 Å². The summed E-state index contributed by atoms with van der Waals surface area (Å²) >= 11 is 1.48. The fraction of sp³-hybridized carbons (Fsp3) is 0.333. The van der Waals surface area contributed by atoms with E-state index in [9.17, 15) is 23.7 Å². The van der Waals surface area contributed by atoms with E-state index in [1.807, 2.05) is 0 Å². The Kier molecular flexibility index (Phi) is 4.87. The van der Waals surface area contributed by atoms with Crippen LogP contribution in [0.25, 0.3) is 0 Å². The van der Waals surface area contributed by atoms with Crippen molar-refractivity contribution < 1.29 is 23.2 Å². The zero-order chi connectivity index (χ0) is 13.9. The number of ether oxygens (including phenoxy) is 1. The van der Waals surface area contributed by atoms with E-state index in [1.165, 1.54) is 22.6 Å². The van der Waals surface area contributed by atoms with Gasteiger partial charge in [0.15, 0.2) is 0 Å². The second-order valence-electron chi connectivity index (χ2n) is 3.16. The molecule has 0 aliphatic carbocycles. The van der Waals surface area contributed by atoms with Crippen LogP contribution in [0.4, 0.5) is 14.6 Å². The third-order valence-electron chi connectivity index (χ3n) is 2.03. The topological polar surface area (TPSA) is 82.3 Å². The number of carbonyl (C=O) groups is 1. The molecule has 0 aliphatic rings. The van der Waals surface area contributed by atoms with Gasteiger partial charge in [-0.15, -0.1) is 0 Å². The van der Waals surface area contributed by atoms with Crippen molar-refractivity contribution in [2.45, 2.75) is 12.8 Å². The van der Waals surface area contributed by atoms with Crippen molar-refractivity contribution in [2.75, 3.05) is 7.11 Å². The second-order valence-corrected chi connectivity index (χ2v) is 4.18. The molecule has 0 fully saturated rings. The zero-order valence-corrected chi connectivity index (χ0v) is 11.2. The Labute approximate surface area is 114 Å². The lowest BCUT2D eigenvalue weighted by Crippen LogP contribution is -2.10. The summed E-state index contributed by atoms with van der Waals surface area (Å²) in [5, 5.41) is 10.7. The predicted octanol–water partition coefficient (Wildman–Crippen LogP) is 2.25. The maximum Gasteiger partial charge on any atom is 0.368 e. The number of hydrogen-bond donors (Lipinski definition) is 0. The molecule has 0 amide bonds. The van der Waals surface area contributed by atoms with Gasteiger partial charge in [-0.25, -0.2) is 8.78 Å². The van der Waals surface area contributed by atoms with Gasteiger partial charge < -0.3 is 14.9 Å². The molecular formula is C9H7F2IN2O4. The standard InChI is InChI=1S/C9H7F2IN2O4/c1-18-6(15)3-4-2-5(7(10)11)8(12)13-9(4)14(16)17/h2,7H,3H2,1H3. The molecule has 18 heavy (non-hydrogen) atoms. The number of carbonyl (C=O) groups excluding carboxylic acids is 1. The van der Waals surface area contributed by atoms with E-state index in [2.05, 4.69) is 9.72 Å². The fourth-order valence-corrected chi connectivity index (χ4v) is 1.83. The van der Waals surface area contributed by atoms with Crippen molar-refractivity contribution in [2.24, 2.45) is 0 Å². The largest absolute Gasteiger partial charge is 0.469 e. The maximum atomic E-state index is 12.6. The van der Waals surface area contributed by atoms with Gasteiger partial charge in [-0.05, 0) is 16.0 Å². The lowest BCUT2D eigenvalue weighted by Gasteiger charge is -2.05. The van der Waals surface area contributed by atoms with Gasteiger partial charge in [0.2, 0.25) is 3.70 Å². The summed E-state index contributed by atoms with van der Waals surface area (Å²) in [6.07, 6.45) is -3.29. The van der Waals surface area contributed by atoms with Crippen LogP contribution in [0, 0.1) is 13.8 Å². The van der Waals surface area contributed by atoms with Crippen LogP contribution >= 0.6 is 22.6 Å². The Bertz CT molecular complexity index is 496. The normalized spacial score (nSPS) is 10.5. The van der Waals surface area contributed by atoms with Gasteiger partial charge in [-0.1, -0.05) is 0 Å². The highest BCUT2D eigenvalue weighted by molar-refractivity contribution is 14.1. The summed E-state index contributed by atoms with van der Waals surface area (Å²) in [7, 11) is 1.10. The molecule has 1 aromatic rings. The lowest BCUT2D eigenvalue weighted by molar-refractivity contribution is -0.390. The third-order valence-corrected chi connectivity index (χ3v) is 2.89. The highest BCUT2D eigenvalue weighted by Crippen LogP contribution is 2.28. The quantitative estimate of drug-likeness (QED) is 0.266. The van der Waals surface area contributed by atoms with Crippen LogP contribution in [0.2, 0.25) is 0 Å². The number of nitrogens with zero attached hydrogens (tertiary/aromatic N) is 2. The van der Waals surface area contributed by atoms with Crippen molar-refractivity contribution in [3.8, 4) is 0 Å². The summed E-state index contributed by atoms with van der Waals surface area (Å²) < 4.78 is 29.4. The summed E-state index contributed by atoms with van der Waals surface area (Å²) in [5.74, 6) is -1.38. The number of esters is 1. The Morgan fingerprint density at radius 2 is 2.28 bits per heavy atom. The predicted molar refractivity (Wildman–Crippen MR) is 64.3 cm³/mol. The Hall–Kier alpha value is -1.39. The molecule has 0 bridgehead atoms. The molecule has 0 N–H and O–H groups in total. The van der Waals surface area contributed by atoms with E-state index in [1.54, 1.807) is 0 Å². The van der Waals surface area contributed by atoms with Gasteiger partial charge in [0.1, 0.15) is 0 Å².